The summed E-state index contributed by atoms with van der Waals surface area (Å²) < 4.78 is 0. The lowest BCUT2D eigenvalue weighted by molar-refractivity contribution is 0.0380. The smallest absolute Gasteiger partial charge is 0.0297 e. The first-order valence-electron chi connectivity index (χ1n) is 9.76. The molecule has 4 fully saturated rings. The number of fused-ring (bicyclic) bond motifs is 3. The van der Waals surface area contributed by atoms with Crippen LogP contribution in [-0.4, -0.2) is 0 Å². The summed E-state index contributed by atoms with van der Waals surface area (Å²) in [6.07, 6.45) is 20.3. The Hall–Kier alpha value is 0. The Bertz CT molecular complexity index is 338. The van der Waals surface area contributed by atoms with Gasteiger partial charge in [0.1, 0.15) is 0 Å². The van der Waals surface area contributed by atoms with Crippen LogP contribution < -0.4 is 0 Å². The molecule has 4 aliphatic carbocycles. The van der Waals surface area contributed by atoms with Crippen LogP contribution in [0.1, 0.15) is 90.4 Å². The van der Waals surface area contributed by atoms with Crippen LogP contribution >= 0.6 is 0 Å². The van der Waals surface area contributed by atoms with Crippen molar-refractivity contribution < 1.29 is 0 Å². The van der Waals surface area contributed by atoms with Gasteiger partial charge in [-0.05, 0) is 80.0 Å². The van der Waals surface area contributed by atoms with E-state index < -0.39 is 0 Å². The molecule has 0 saturated heterocycles. The molecule has 0 nitrogen and oxygen atoms in total. The van der Waals surface area contributed by atoms with E-state index in [9.17, 15) is 0 Å². The Balaban J connectivity index is 1.47. The Kier molecular flexibility index (Phi) is 3.63. The zero-order chi connectivity index (χ0) is 13.6. The molecule has 0 aromatic heterocycles. The van der Waals surface area contributed by atoms with E-state index in [1.54, 1.807) is 64.2 Å². The second-order valence-electron chi connectivity index (χ2n) is 9.09. The van der Waals surface area contributed by atoms with Crippen LogP contribution in [0.5, 0.6) is 0 Å². The summed E-state index contributed by atoms with van der Waals surface area (Å²) in [5, 5.41) is 0. The lowest BCUT2D eigenvalue weighted by Crippen LogP contribution is -2.36. The Morgan fingerprint density at radius 3 is 2.25 bits per heavy atom. The van der Waals surface area contributed by atoms with Crippen molar-refractivity contribution in [2.45, 2.75) is 90.4 Å². The van der Waals surface area contributed by atoms with Gasteiger partial charge in [0.25, 0.3) is 0 Å². The average Bonchev–Trinajstić information content (AvgIpc) is 2.86. The third-order valence-corrected chi connectivity index (χ3v) is 8.15. The highest BCUT2D eigenvalue weighted by Gasteiger charge is 2.49. The molecule has 0 heteroatoms. The summed E-state index contributed by atoms with van der Waals surface area (Å²) in [5.41, 5.74) is 0.732. The molecule has 0 bridgehead atoms. The maximum atomic E-state index is 2.66. The van der Waals surface area contributed by atoms with Gasteiger partial charge in [0.2, 0.25) is 0 Å². The Morgan fingerprint density at radius 2 is 1.40 bits per heavy atom. The van der Waals surface area contributed by atoms with Gasteiger partial charge in [0, 0.05) is 0 Å². The fourth-order valence-corrected chi connectivity index (χ4v) is 6.97. The van der Waals surface area contributed by atoms with Gasteiger partial charge >= 0.3 is 0 Å². The van der Waals surface area contributed by atoms with Gasteiger partial charge in [-0.15, -0.1) is 0 Å². The molecule has 5 unspecified atom stereocenters. The summed E-state index contributed by atoms with van der Waals surface area (Å²) in [5.74, 6) is 5.69. The fraction of sp³-hybridized carbons (Fsp3) is 1.00. The summed E-state index contributed by atoms with van der Waals surface area (Å²) in [7, 11) is 0. The topological polar surface area (TPSA) is 0 Å². The average molecular weight is 274 g/mol. The zero-order valence-electron chi connectivity index (χ0n) is 13.6. The molecule has 0 aromatic rings. The van der Waals surface area contributed by atoms with Gasteiger partial charge in [0.05, 0.1) is 0 Å². The van der Waals surface area contributed by atoms with E-state index in [0.29, 0.717) is 0 Å². The molecule has 0 radical (unpaired) electrons. The highest BCUT2D eigenvalue weighted by Crippen LogP contribution is 2.59. The molecule has 5 atom stereocenters. The van der Waals surface area contributed by atoms with Crippen LogP contribution in [-0.2, 0) is 0 Å². The van der Waals surface area contributed by atoms with E-state index in [1.165, 1.54) is 19.3 Å². The molecule has 0 spiro atoms. The van der Waals surface area contributed by atoms with Crippen molar-refractivity contribution >= 4 is 0 Å². The van der Waals surface area contributed by atoms with Crippen LogP contribution in [0.4, 0.5) is 0 Å². The lowest BCUT2D eigenvalue weighted by Gasteiger charge is -2.47. The van der Waals surface area contributed by atoms with Crippen LogP contribution in [0.2, 0.25) is 0 Å². The van der Waals surface area contributed by atoms with E-state index in [2.05, 4.69) is 6.92 Å². The molecule has 114 valence electrons. The Morgan fingerprint density at radius 1 is 0.650 bits per heavy atom. The van der Waals surface area contributed by atoms with Gasteiger partial charge in [-0.2, -0.15) is 0 Å². The van der Waals surface area contributed by atoms with Crippen molar-refractivity contribution in [1.29, 1.82) is 0 Å². The van der Waals surface area contributed by atoms with Gasteiger partial charge in [0.15, 0.2) is 0 Å². The summed E-state index contributed by atoms with van der Waals surface area (Å²) >= 11 is 0. The second-order valence-corrected chi connectivity index (χ2v) is 9.09. The predicted octanol–water partition coefficient (Wildman–Crippen LogP) is 6.20. The minimum absolute atomic E-state index is 0.732. The van der Waals surface area contributed by atoms with Gasteiger partial charge in [-0.1, -0.05) is 45.4 Å². The van der Waals surface area contributed by atoms with Crippen LogP contribution in [0.25, 0.3) is 0 Å². The maximum absolute atomic E-state index is 2.66. The van der Waals surface area contributed by atoms with Crippen molar-refractivity contribution in [1.82, 2.24) is 0 Å². The molecule has 0 amide bonds. The molecule has 20 heavy (non-hydrogen) atoms. The molecule has 4 rings (SSSR count). The second kappa shape index (κ2) is 5.33. The summed E-state index contributed by atoms with van der Waals surface area (Å²) in [6, 6.07) is 0. The van der Waals surface area contributed by atoms with E-state index in [-0.39, 0.29) is 0 Å². The first-order valence-corrected chi connectivity index (χ1v) is 9.76. The zero-order valence-corrected chi connectivity index (χ0v) is 13.6. The SMILES string of the molecule is CC1(C2CCC3CC4CCCCC4C3C2)CCCCC1. The van der Waals surface area contributed by atoms with Gasteiger partial charge in [-0.25, -0.2) is 0 Å². The monoisotopic (exact) mass is 274 g/mol. The highest BCUT2D eigenvalue weighted by molar-refractivity contribution is 4.99. The standard InChI is InChI=1S/C20H34/c1-20(11-5-2-6-12-20)17-10-9-16-13-15-7-3-4-8-18(15)19(16)14-17/h15-19H,2-14H2,1H3. The predicted molar refractivity (Wildman–Crippen MR) is 85.6 cm³/mol. The third kappa shape index (κ3) is 2.26. The fourth-order valence-electron chi connectivity index (χ4n) is 6.97. The molecular weight excluding hydrogens is 240 g/mol. The molecule has 4 saturated carbocycles. The summed E-state index contributed by atoms with van der Waals surface area (Å²) in [6.45, 7) is 2.66. The van der Waals surface area contributed by atoms with E-state index >= 15 is 0 Å². The molecule has 0 N–H and O–H groups in total. The normalized spacial score (nSPS) is 47.5. The lowest BCUT2D eigenvalue weighted by atomic mass is 9.59. The van der Waals surface area contributed by atoms with E-state index in [0.717, 1.165) is 35.0 Å². The number of hydrogen-bond donors (Lipinski definition) is 0. The van der Waals surface area contributed by atoms with Crippen molar-refractivity contribution in [3.8, 4) is 0 Å². The summed E-state index contributed by atoms with van der Waals surface area (Å²) in [4.78, 5) is 0. The number of hydrogen-bond acceptors (Lipinski definition) is 0. The van der Waals surface area contributed by atoms with Crippen molar-refractivity contribution in [3.05, 3.63) is 0 Å². The van der Waals surface area contributed by atoms with Crippen LogP contribution in [0.15, 0.2) is 0 Å². The molecule has 0 aromatic carbocycles. The maximum Gasteiger partial charge on any atom is -0.0297 e. The molecular formula is C20H34. The van der Waals surface area contributed by atoms with Gasteiger partial charge < -0.3 is 0 Å². The molecule has 0 heterocycles. The Labute approximate surface area is 126 Å². The van der Waals surface area contributed by atoms with Crippen molar-refractivity contribution in [2.75, 3.05) is 0 Å². The van der Waals surface area contributed by atoms with Gasteiger partial charge in [-0.3, -0.25) is 0 Å². The highest BCUT2D eigenvalue weighted by atomic mass is 14.5. The van der Waals surface area contributed by atoms with Crippen molar-refractivity contribution in [3.63, 3.8) is 0 Å². The minimum atomic E-state index is 0.732. The third-order valence-electron chi connectivity index (χ3n) is 8.15. The van der Waals surface area contributed by atoms with Crippen LogP contribution in [0.3, 0.4) is 0 Å². The molecule has 0 aliphatic heterocycles. The van der Waals surface area contributed by atoms with E-state index in [1.807, 2.05) is 0 Å². The minimum Gasteiger partial charge on any atom is -0.0594 e. The quantitative estimate of drug-likeness (QED) is 0.534. The van der Waals surface area contributed by atoms with Crippen LogP contribution in [0, 0.1) is 35.0 Å². The first-order chi connectivity index (χ1) is 9.76. The largest absolute Gasteiger partial charge is 0.0594 e. The number of rotatable bonds is 1. The van der Waals surface area contributed by atoms with E-state index in [4.69, 9.17) is 0 Å². The molecule has 4 aliphatic rings. The first kappa shape index (κ1) is 13.6. The van der Waals surface area contributed by atoms with Crippen molar-refractivity contribution in [2.24, 2.45) is 35.0 Å².